The van der Waals surface area contributed by atoms with Crippen LogP contribution in [0, 0.1) is 0 Å². The minimum absolute atomic E-state index is 0.0192. The molecule has 1 aromatic carbocycles. The van der Waals surface area contributed by atoms with Gasteiger partial charge >= 0.3 is 0 Å². The number of primary sulfonamides is 1. The Morgan fingerprint density at radius 3 is 3.00 bits per heavy atom. The Labute approximate surface area is 137 Å². The third-order valence-corrected chi connectivity index (χ3v) is 5.88. The molecule has 2 heterocycles. The Morgan fingerprint density at radius 1 is 1.45 bits per heavy atom. The molecule has 0 spiro atoms. The summed E-state index contributed by atoms with van der Waals surface area (Å²) in [5.74, 6) is 0.741. The molecular formula is C13H14ClN3O3S2. The van der Waals surface area contributed by atoms with Crippen LogP contribution in [-0.4, -0.2) is 20.0 Å². The standard InChI is InChI=1S/C13H14ClN3O3S2/c14-8-3-4-9-10(2-1-5-20-11(9)6-8)17-13-16-7-12(21-13)22(15,18)19/h3-4,6-7,10H,1-2,5H2,(H,16,17)(H2,15,18,19). The van der Waals surface area contributed by atoms with Crippen LogP contribution in [0.4, 0.5) is 5.13 Å². The van der Waals surface area contributed by atoms with Crippen molar-refractivity contribution in [2.45, 2.75) is 23.1 Å². The maximum absolute atomic E-state index is 11.3. The average Bonchev–Trinajstić information content (AvgIpc) is 2.83. The number of halogens is 1. The largest absolute Gasteiger partial charge is 0.493 e. The number of rotatable bonds is 3. The second kappa shape index (κ2) is 6.04. The van der Waals surface area contributed by atoms with Gasteiger partial charge in [-0.1, -0.05) is 29.0 Å². The van der Waals surface area contributed by atoms with E-state index in [-0.39, 0.29) is 10.3 Å². The molecule has 1 unspecified atom stereocenters. The van der Waals surface area contributed by atoms with Gasteiger partial charge in [0.1, 0.15) is 5.75 Å². The predicted octanol–water partition coefficient (Wildman–Crippen LogP) is 2.77. The number of hydrogen-bond donors (Lipinski definition) is 2. The number of ether oxygens (including phenoxy) is 1. The molecule has 0 aliphatic carbocycles. The summed E-state index contributed by atoms with van der Waals surface area (Å²) in [4.78, 5) is 4.08. The van der Waals surface area contributed by atoms with E-state index in [1.54, 1.807) is 12.1 Å². The van der Waals surface area contributed by atoms with Crippen molar-refractivity contribution in [3.63, 3.8) is 0 Å². The zero-order valence-corrected chi connectivity index (χ0v) is 13.8. The van der Waals surface area contributed by atoms with Gasteiger partial charge in [-0.15, -0.1) is 0 Å². The van der Waals surface area contributed by atoms with Gasteiger partial charge in [0.25, 0.3) is 0 Å². The number of aromatic nitrogens is 1. The van der Waals surface area contributed by atoms with Crippen molar-refractivity contribution in [3.8, 4) is 5.75 Å². The number of fused-ring (bicyclic) bond motifs is 1. The van der Waals surface area contributed by atoms with Gasteiger partial charge in [0.2, 0.25) is 10.0 Å². The van der Waals surface area contributed by atoms with Crippen LogP contribution in [0.3, 0.4) is 0 Å². The van der Waals surface area contributed by atoms with E-state index in [0.717, 1.165) is 35.5 Å². The molecule has 6 nitrogen and oxygen atoms in total. The van der Waals surface area contributed by atoms with Gasteiger partial charge in [-0.2, -0.15) is 0 Å². The topological polar surface area (TPSA) is 94.3 Å². The highest BCUT2D eigenvalue weighted by atomic mass is 35.5. The number of nitrogens with one attached hydrogen (secondary N) is 1. The molecule has 1 atom stereocenters. The van der Waals surface area contributed by atoms with Gasteiger partial charge < -0.3 is 10.1 Å². The van der Waals surface area contributed by atoms with E-state index in [9.17, 15) is 8.42 Å². The normalized spacial score (nSPS) is 18.2. The Balaban J connectivity index is 1.88. The monoisotopic (exact) mass is 359 g/mol. The Kier molecular flexibility index (Phi) is 4.26. The van der Waals surface area contributed by atoms with E-state index in [1.807, 2.05) is 6.07 Å². The SMILES string of the molecule is NS(=O)(=O)c1cnc(NC2CCCOc3cc(Cl)ccc32)s1. The third kappa shape index (κ3) is 3.35. The highest BCUT2D eigenvalue weighted by molar-refractivity contribution is 7.91. The van der Waals surface area contributed by atoms with Crippen molar-refractivity contribution in [2.75, 3.05) is 11.9 Å². The highest BCUT2D eigenvalue weighted by Gasteiger charge is 2.22. The number of hydrogen-bond acceptors (Lipinski definition) is 6. The lowest BCUT2D eigenvalue weighted by Gasteiger charge is -2.17. The summed E-state index contributed by atoms with van der Waals surface area (Å²) >= 11 is 7.02. The van der Waals surface area contributed by atoms with E-state index < -0.39 is 10.0 Å². The molecule has 2 aromatic rings. The molecule has 0 bridgehead atoms. The minimum atomic E-state index is -3.72. The first-order valence-electron chi connectivity index (χ1n) is 6.61. The zero-order valence-electron chi connectivity index (χ0n) is 11.5. The van der Waals surface area contributed by atoms with Crippen LogP contribution < -0.4 is 15.2 Å². The molecule has 118 valence electrons. The fourth-order valence-electron chi connectivity index (χ4n) is 2.30. The molecule has 3 N–H and O–H groups in total. The quantitative estimate of drug-likeness (QED) is 0.878. The number of anilines is 1. The summed E-state index contributed by atoms with van der Waals surface area (Å²) in [5.41, 5.74) is 0.981. The lowest BCUT2D eigenvalue weighted by atomic mass is 10.0. The zero-order chi connectivity index (χ0) is 15.7. The van der Waals surface area contributed by atoms with Crippen LogP contribution in [0.15, 0.2) is 28.6 Å². The maximum atomic E-state index is 11.3. The number of thiazole rings is 1. The molecule has 9 heteroatoms. The number of benzene rings is 1. The molecule has 0 saturated carbocycles. The Hall–Kier alpha value is -1.35. The van der Waals surface area contributed by atoms with Crippen LogP contribution in [0.5, 0.6) is 5.75 Å². The van der Waals surface area contributed by atoms with Crippen molar-refractivity contribution in [1.82, 2.24) is 4.98 Å². The number of nitrogens with zero attached hydrogens (tertiary/aromatic N) is 1. The number of nitrogens with two attached hydrogens (primary N) is 1. The second-order valence-electron chi connectivity index (χ2n) is 4.90. The van der Waals surface area contributed by atoms with Crippen molar-refractivity contribution in [1.29, 1.82) is 0 Å². The first-order valence-corrected chi connectivity index (χ1v) is 9.35. The van der Waals surface area contributed by atoms with Crippen LogP contribution in [-0.2, 0) is 10.0 Å². The van der Waals surface area contributed by atoms with Crippen LogP contribution in [0.1, 0.15) is 24.4 Å². The van der Waals surface area contributed by atoms with E-state index in [4.69, 9.17) is 21.5 Å². The smallest absolute Gasteiger partial charge is 0.249 e. The molecule has 0 fully saturated rings. The summed E-state index contributed by atoms with van der Waals surface area (Å²) in [7, 11) is -3.72. The first kappa shape index (κ1) is 15.5. The summed E-state index contributed by atoms with van der Waals surface area (Å²) in [5, 5.41) is 9.48. The average molecular weight is 360 g/mol. The Bertz CT molecular complexity index is 792. The molecule has 1 aliphatic rings. The van der Waals surface area contributed by atoms with Gasteiger partial charge in [-0.05, 0) is 25.0 Å². The minimum Gasteiger partial charge on any atom is -0.493 e. The van der Waals surface area contributed by atoms with E-state index in [1.165, 1.54) is 6.20 Å². The molecule has 1 aromatic heterocycles. The molecule has 0 saturated heterocycles. The van der Waals surface area contributed by atoms with E-state index >= 15 is 0 Å². The van der Waals surface area contributed by atoms with Crippen molar-refractivity contribution in [2.24, 2.45) is 5.14 Å². The van der Waals surface area contributed by atoms with Crippen molar-refractivity contribution in [3.05, 3.63) is 35.0 Å². The van der Waals surface area contributed by atoms with Crippen molar-refractivity contribution >= 4 is 38.1 Å². The molecular weight excluding hydrogens is 346 g/mol. The van der Waals surface area contributed by atoms with Crippen LogP contribution >= 0.6 is 22.9 Å². The summed E-state index contributed by atoms with van der Waals surface area (Å²) in [6.45, 7) is 0.617. The Morgan fingerprint density at radius 2 is 2.27 bits per heavy atom. The summed E-state index contributed by atoms with van der Waals surface area (Å²) in [6.07, 6.45) is 2.98. The fourth-order valence-corrected chi connectivity index (χ4v) is 3.97. The van der Waals surface area contributed by atoms with Crippen LogP contribution in [0.2, 0.25) is 5.02 Å². The molecule has 1 aliphatic heterocycles. The lowest BCUT2D eigenvalue weighted by Crippen LogP contribution is -2.10. The maximum Gasteiger partial charge on any atom is 0.249 e. The first-order chi connectivity index (χ1) is 10.4. The predicted molar refractivity (Wildman–Crippen MR) is 86.0 cm³/mol. The molecule has 0 radical (unpaired) electrons. The van der Waals surface area contributed by atoms with Crippen LogP contribution in [0.25, 0.3) is 0 Å². The van der Waals surface area contributed by atoms with Gasteiger partial charge in [0, 0.05) is 10.6 Å². The number of sulfonamides is 1. The van der Waals surface area contributed by atoms with E-state index in [2.05, 4.69) is 10.3 Å². The van der Waals surface area contributed by atoms with Gasteiger partial charge in [-0.3, -0.25) is 0 Å². The summed E-state index contributed by atoms with van der Waals surface area (Å²) in [6, 6.07) is 5.49. The van der Waals surface area contributed by atoms with E-state index in [0.29, 0.717) is 16.8 Å². The fraction of sp³-hybridized carbons (Fsp3) is 0.308. The lowest BCUT2D eigenvalue weighted by molar-refractivity contribution is 0.316. The molecule has 0 amide bonds. The highest BCUT2D eigenvalue weighted by Crippen LogP contribution is 2.36. The van der Waals surface area contributed by atoms with Gasteiger partial charge in [-0.25, -0.2) is 18.5 Å². The summed E-state index contributed by atoms with van der Waals surface area (Å²) < 4.78 is 28.4. The van der Waals surface area contributed by atoms with Crippen molar-refractivity contribution < 1.29 is 13.2 Å². The second-order valence-corrected chi connectivity index (χ2v) is 8.15. The van der Waals surface area contributed by atoms with Gasteiger partial charge in [0.05, 0.1) is 18.8 Å². The third-order valence-electron chi connectivity index (χ3n) is 3.31. The molecule has 3 rings (SSSR count). The van der Waals surface area contributed by atoms with Gasteiger partial charge in [0.15, 0.2) is 9.34 Å². The molecule has 22 heavy (non-hydrogen) atoms.